The van der Waals surface area contributed by atoms with Gasteiger partial charge in [0.15, 0.2) is 5.96 Å². The summed E-state index contributed by atoms with van der Waals surface area (Å²) in [7, 11) is 3.61. The number of hydrogen-bond acceptors (Lipinski definition) is 4. The van der Waals surface area contributed by atoms with E-state index >= 15 is 0 Å². The summed E-state index contributed by atoms with van der Waals surface area (Å²) in [4.78, 5) is 20.6. The first-order valence-electron chi connectivity index (χ1n) is 10.6. The molecule has 2 unspecified atom stereocenters. The Morgan fingerprint density at radius 1 is 1.28 bits per heavy atom. The van der Waals surface area contributed by atoms with Crippen molar-refractivity contribution in [2.24, 2.45) is 22.6 Å². The van der Waals surface area contributed by atoms with Gasteiger partial charge >= 0.3 is 0 Å². The summed E-state index contributed by atoms with van der Waals surface area (Å²) in [6.45, 7) is 6.21. The molecular formula is C22H35N5O2. The summed E-state index contributed by atoms with van der Waals surface area (Å²) in [5, 5.41) is 3.50. The molecule has 7 heteroatoms. The van der Waals surface area contributed by atoms with Gasteiger partial charge in [0.2, 0.25) is 5.91 Å². The van der Waals surface area contributed by atoms with Gasteiger partial charge in [-0.05, 0) is 36.9 Å². The lowest BCUT2D eigenvalue weighted by atomic mass is 9.97. The first kappa shape index (κ1) is 21.6. The number of nitrogens with zero attached hydrogens (tertiary/aromatic N) is 3. The van der Waals surface area contributed by atoms with E-state index in [2.05, 4.69) is 44.4 Å². The number of aliphatic imine (C=N–C) groups is 1. The van der Waals surface area contributed by atoms with Crippen molar-refractivity contribution >= 4 is 11.9 Å². The Morgan fingerprint density at radius 2 is 2.10 bits per heavy atom. The summed E-state index contributed by atoms with van der Waals surface area (Å²) >= 11 is 0. The van der Waals surface area contributed by atoms with Gasteiger partial charge in [-0.3, -0.25) is 14.7 Å². The maximum atomic E-state index is 11.5. The fourth-order valence-corrected chi connectivity index (χ4v) is 4.44. The lowest BCUT2D eigenvalue weighted by molar-refractivity contribution is -0.123. The topological polar surface area (TPSA) is 83.2 Å². The first-order chi connectivity index (χ1) is 14.1. The van der Waals surface area contributed by atoms with Crippen LogP contribution in [-0.4, -0.2) is 68.6 Å². The minimum absolute atomic E-state index is 0.0145. The fourth-order valence-electron chi connectivity index (χ4n) is 4.44. The number of ether oxygens (including phenoxy) is 1. The number of primary amides is 1. The highest BCUT2D eigenvalue weighted by Crippen LogP contribution is 2.19. The molecule has 1 aromatic carbocycles. The standard InChI is InChI=1S/C22H35N5O2/c1-24-22(27-10-8-19(14-27)16-29-2)25-12-17-5-3-6-18(11-17)13-26-9-4-7-20(15-26)21(23)28/h3,5-6,11,19-20H,4,7-10,12-16H2,1-2H3,(H2,23,28)(H,24,25). The molecule has 2 aliphatic heterocycles. The zero-order valence-electron chi connectivity index (χ0n) is 17.8. The molecular weight excluding hydrogens is 366 g/mol. The van der Waals surface area contributed by atoms with Crippen LogP contribution in [-0.2, 0) is 22.6 Å². The normalized spacial score (nSPS) is 23.4. The molecule has 3 rings (SSSR count). The maximum absolute atomic E-state index is 11.5. The van der Waals surface area contributed by atoms with Crippen LogP contribution in [0.25, 0.3) is 0 Å². The quantitative estimate of drug-likeness (QED) is 0.533. The van der Waals surface area contributed by atoms with E-state index in [0.29, 0.717) is 5.92 Å². The summed E-state index contributed by atoms with van der Waals surface area (Å²) < 4.78 is 5.30. The second kappa shape index (κ2) is 10.6. The molecule has 2 atom stereocenters. The molecule has 29 heavy (non-hydrogen) atoms. The number of benzene rings is 1. The Hall–Kier alpha value is -2.12. The maximum Gasteiger partial charge on any atom is 0.221 e. The highest BCUT2D eigenvalue weighted by Gasteiger charge is 2.25. The van der Waals surface area contributed by atoms with Gasteiger partial charge in [0.05, 0.1) is 12.5 Å². The third kappa shape index (κ3) is 6.18. The zero-order chi connectivity index (χ0) is 20.6. The molecule has 2 heterocycles. The number of amides is 1. The molecule has 0 aromatic heterocycles. The summed E-state index contributed by atoms with van der Waals surface area (Å²) in [5.41, 5.74) is 8.01. The Kier molecular flexibility index (Phi) is 7.89. The minimum atomic E-state index is -0.173. The van der Waals surface area contributed by atoms with E-state index < -0.39 is 0 Å². The van der Waals surface area contributed by atoms with Crippen molar-refractivity contribution in [2.45, 2.75) is 32.4 Å². The number of likely N-dealkylation sites (tertiary alicyclic amines) is 2. The highest BCUT2D eigenvalue weighted by molar-refractivity contribution is 5.80. The number of rotatable bonds is 7. The van der Waals surface area contributed by atoms with Crippen LogP contribution >= 0.6 is 0 Å². The third-order valence-corrected chi connectivity index (χ3v) is 5.96. The fraction of sp³-hybridized carbons (Fsp3) is 0.636. The van der Waals surface area contributed by atoms with Gasteiger partial charge in [0.1, 0.15) is 0 Å². The average molecular weight is 402 g/mol. The molecule has 160 valence electrons. The Morgan fingerprint density at radius 3 is 2.86 bits per heavy atom. The summed E-state index contributed by atoms with van der Waals surface area (Å²) in [6, 6.07) is 8.65. The summed E-state index contributed by atoms with van der Waals surface area (Å²) in [6.07, 6.45) is 3.09. The number of carbonyl (C=O) groups is 1. The van der Waals surface area contributed by atoms with Gasteiger partial charge in [-0.25, -0.2) is 0 Å². The van der Waals surface area contributed by atoms with Gasteiger partial charge in [0.25, 0.3) is 0 Å². The predicted molar refractivity (Wildman–Crippen MR) is 115 cm³/mol. The Labute approximate surface area is 174 Å². The van der Waals surface area contributed by atoms with Crippen molar-refractivity contribution < 1.29 is 9.53 Å². The van der Waals surface area contributed by atoms with E-state index in [9.17, 15) is 4.79 Å². The van der Waals surface area contributed by atoms with Crippen molar-refractivity contribution in [1.82, 2.24) is 15.1 Å². The Balaban J connectivity index is 1.52. The van der Waals surface area contributed by atoms with Crippen molar-refractivity contribution in [3.8, 4) is 0 Å². The smallest absolute Gasteiger partial charge is 0.221 e. The van der Waals surface area contributed by atoms with Crippen molar-refractivity contribution in [3.63, 3.8) is 0 Å². The Bertz CT molecular complexity index is 708. The van der Waals surface area contributed by atoms with Crippen LogP contribution in [0.1, 0.15) is 30.4 Å². The largest absolute Gasteiger partial charge is 0.384 e. The van der Waals surface area contributed by atoms with Crippen LogP contribution in [0.4, 0.5) is 0 Å². The van der Waals surface area contributed by atoms with E-state index in [1.165, 1.54) is 11.1 Å². The number of methoxy groups -OCH3 is 1. The van der Waals surface area contributed by atoms with Gasteiger partial charge in [-0.1, -0.05) is 24.3 Å². The molecule has 1 aromatic rings. The molecule has 0 saturated carbocycles. The lowest BCUT2D eigenvalue weighted by Crippen LogP contribution is -2.40. The van der Waals surface area contributed by atoms with Gasteiger partial charge in [-0.2, -0.15) is 0 Å². The lowest BCUT2D eigenvalue weighted by Gasteiger charge is -2.31. The second-order valence-corrected chi connectivity index (χ2v) is 8.25. The van der Waals surface area contributed by atoms with Crippen molar-refractivity contribution in [2.75, 3.05) is 46.9 Å². The van der Waals surface area contributed by atoms with Gasteiger partial charge < -0.3 is 20.7 Å². The molecule has 0 aliphatic carbocycles. The number of piperidine rings is 1. The van der Waals surface area contributed by atoms with Crippen LogP contribution in [0.3, 0.4) is 0 Å². The second-order valence-electron chi connectivity index (χ2n) is 8.25. The molecule has 2 aliphatic rings. The minimum Gasteiger partial charge on any atom is -0.384 e. The van der Waals surface area contributed by atoms with Crippen molar-refractivity contribution in [3.05, 3.63) is 35.4 Å². The van der Waals surface area contributed by atoms with E-state index in [1.807, 2.05) is 7.05 Å². The van der Waals surface area contributed by atoms with Crippen molar-refractivity contribution in [1.29, 1.82) is 0 Å². The van der Waals surface area contributed by atoms with Crippen LogP contribution in [0.15, 0.2) is 29.3 Å². The predicted octanol–water partition coefficient (Wildman–Crippen LogP) is 1.43. The molecule has 3 N–H and O–H groups in total. The van der Waals surface area contributed by atoms with Gasteiger partial charge in [0, 0.05) is 52.8 Å². The number of nitrogens with one attached hydrogen (secondary N) is 1. The highest BCUT2D eigenvalue weighted by atomic mass is 16.5. The number of hydrogen-bond donors (Lipinski definition) is 2. The molecule has 0 bridgehead atoms. The molecule has 2 saturated heterocycles. The van der Waals surface area contributed by atoms with Crippen LogP contribution in [0.2, 0.25) is 0 Å². The van der Waals surface area contributed by atoms with Gasteiger partial charge in [-0.15, -0.1) is 0 Å². The van der Waals surface area contributed by atoms with Crippen LogP contribution in [0.5, 0.6) is 0 Å². The van der Waals surface area contributed by atoms with Crippen LogP contribution < -0.4 is 11.1 Å². The molecule has 2 fully saturated rings. The van der Waals surface area contributed by atoms with E-state index in [-0.39, 0.29) is 11.8 Å². The number of carbonyl (C=O) groups excluding carboxylic acids is 1. The van der Waals surface area contributed by atoms with E-state index in [1.54, 1.807) is 7.11 Å². The summed E-state index contributed by atoms with van der Waals surface area (Å²) in [5.74, 6) is 1.35. The molecule has 0 spiro atoms. The third-order valence-electron chi connectivity index (χ3n) is 5.96. The first-order valence-corrected chi connectivity index (χ1v) is 10.6. The number of guanidine groups is 1. The molecule has 7 nitrogen and oxygen atoms in total. The molecule has 1 amide bonds. The SMILES string of the molecule is CN=C(NCc1cccc(CN2CCCC(C(N)=O)C2)c1)N1CCC(COC)C1. The van der Waals surface area contributed by atoms with E-state index in [4.69, 9.17) is 10.5 Å². The average Bonchev–Trinajstić information content (AvgIpc) is 3.18. The zero-order valence-corrected chi connectivity index (χ0v) is 17.8. The number of nitrogens with two attached hydrogens (primary N) is 1. The monoisotopic (exact) mass is 401 g/mol. The van der Waals surface area contributed by atoms with E-state index in [0.717, 1.165) is 71.1 Å². The van der Waals surface area contributed by atoms with Crippen LogP contribution in [0, 0.1) is 11.8 Å². The molecule has 0 radical (unpaired) electrons.